The molecule has 0 spiro atoms. The Morgan fingerprint density at radius 1 is 1.12 bits per heavy atom. The van der Waals surface area contributed by atoms with Crippen LogP contribution in [0.4, 0.5) is 0 Å². The van der Waals surface area contributed by atoms with Crippen molar-refractivity contribution in [2.75, 3.05) is 13.1 Å². The van der Waals surface area contributed by atoms with Crippen molar-refractivity contribution in [3.05, 3.63) is 0 Å². The zero-order valence-electron chi connectivity index (χ0n) is 11.8. The van der Waals surface area contributed by atoms with E-state index in [1.807, 2.05) is 0 Å². The van der Waals surface area contributed by atoms with E-state index in [2.05, 4.69) is 24.1 Å². The highest BCUT2D eigenvalue weighted by atomic mass is 15.2. The van der Waals surface area contributed by atoms with Crippen LogP contribution in [0.5, 0.6) is 0 Å². The summed E-state index contributed by atoms with van der Waals surface area (Å²) in [7, 11) is 0. The molecule has 2 aliphatic rings. The van der Waals surface area contributed by atoms with Crippen molar-refractivity contribution in [1.29, 1.82) is 0 Å². The maximum atomic E-state index is 3.71. The van der Waals surface area contributed by atoms with Gasteiger partial charge in [0, 0.05) is 18.1 Å². The molecule has 2 atom stereocenters. The van der Waals surface area contributed by atoms with E-state index in [4.69, 9.17) is 0 Å². The van der Waals surface area contributed by atoms with Crippen LogP contribution in [0.25, 0.3) is 0 Å². The molecule has 1 aliphatic heterocycles. The fourth-order valence-electron chi connectivity index (χ4n) is 3.71. The van der Waals surface area contributed by atoms with E-state index in [-0.39, 0.29) is 0 Å². The first kappa shape index (κ1) is 13.4. The fourth-order valence-corrected chi connectivity index (χ4v) is 3.71. The van der Waals surface area contributed by atoms with E-state index in [0.29, 0.717) is 6.04 Å². The summed E-state index contributed by atoms with van der Waals surface area (Å²) in [5.74, 6) is 0. The molecule has 2 heteroatoms. The van der Waals surface area contributed by atoms with Crippen molar-refractivity contribution in [2.45, 2.75) is 83.3 Å². The molecule has 0 aromatic heterocycles. The highest BCUT2D eigenvalue weighted by Gasteiger charge is 2.33. The summed E-state index contributed by atoms with van der Waals surface area (Å²) in [6, 6.07) is 2.39. The van der Waals surface area contributed by atoms with Crippen LogP contribution in [0.1, 0.15) is 65.2 Å². The number of nitrogens with zero attached hydrogens (tertiary/aromatic N) is 1. The predicted molar refractivity (Wildman–Crippen MR) is 74.4 cm³/mol. The minimum Gasteiger partial charge on any atom is -0.313 e. The summed E-state index contributed by atoms with van der Waals surface area (Å²) in [5.41, 5.74) is 0. The maximum Gasteiger partial charge on any atom is 0.0249 e. The normalized spacial score (nSPS) is 29.6. The van der Waals surface area contributed by atoms with Gasteiger partial charge in [-0.05, 0) is 52.1 Å². The van der Waals surface area contributed by atoms with Crippen LogP contribution < -0.4 is 5.32 Å². The minimum absolute atomic E-state index is 0.677. The van der Waals surface area contributed by atoms with Gasteiger partial charge < -0.3 is 5.32 Å². The summed E-state index contributed by atoms with van der Waals surface area (Å²) in [6.07, 6.45) is 11.4. The predicted octanol–water partition coefficient (Wildman–Crippen LogP) is 3.17. The van der Waals surface area contributed by atoms with Crippen molar-refractivity contribution in [2.24, 2.45) is 0 Å². The highest BCUT2D eigenvalue weighted by Crippen LogP contribution is 2.30. The molecule has 1 aliphatic carbocycles. The van der Waals surface area contributed by atoms with E-state index in [0.717, 1.165) is 12.1 Å². The number of rotatable bonds is 5. The molecular weight excluding hydrogens is 208 g/mol. The second-order valence-electron chi connectivity index (χ2n) is 5.98. The van der Waals surface area contributed by atoms with Gasteiger partial charge in [0.05, 0.1) is 0 Å². The molecule has 0 aromatic carbocycles. The van der Waals surface area contributed by atoms with E-state index in [1.165, 1.54) is 64.5 Å². The number of nitrogens with one attached hydrogen (secondary N) is 1. The van der Waals surface area contributed by atoms with Crippen LogP contribution in [0.3, 0.4) is 0 Å². The van der Waals surface area contributed by atoms with Crippen LogP contribution in [0, 0.1) is 0 Å². The number of hydrogen-bond acceptors (Lipinski definition) is 2. The van der Waals surface area contributed by atoms with Gasteiger partial charge in [0.2, 0.25) is 0 Å². The fraction of sp³-hybridized carbons (Fsp3) is 1.00. The number of piperidine rings is 1. The molecule has 0 bridgehead atoms. The van der Waals surface area contributed by atoms with Gasteiger partial charge in [-0.25, -0.2) is 0 Å². The van der Waals surface area contributed by atoms with Crippen molar-refractivity contribution in [3.63, 3.8) is 0 Å². The van der Waals surface area contributed by atoms with Crippen LogP contribution in [0.2, 0.25) is 0 Å². The summed E-state index contributed by atoms with van der Waals surface area (Å²) < 4.78 is 0. The highest BCUT2D eigenvalue weighted by molar-refractivity contribution is 4.90. The number of hydrogen-bond donors (Lipinski definition) is 1. The summed E-state index contributed by atoms with van der Waals surface area (Å²) in [6.45, 7) is 7.19. The third-order valence-electron chi connectivity index (χ3n) is 4.68. The first-order valence-corrected chi connectivity index (χ1v) is 7.82. The van der Waals surface area contributed by atoms with E-state index in [9.17, 15) is 0 Å². The Kier molecular flexibility index (Phi) is 5.30. The monoisotopic (exact) mass is 238 g/mol. The molecule has 2 nitrogen and oxygen atoms in total. The van der Waals surface area contributed by atoms with Crippen molar-refractivity contribution >= 4 is 0 Å². The smallest absolute Gasteiger partial charge is 0.0249 e. The van der Waals surface area contributed by atoms with E-state index >= 15 is 0 Å². The minimum atomic E-state index is 0.677. The van der Waals surface area contributed by atoms with Gasteiger partial charge in [0.1, 0.15) is 0 Å². The van der Waals surface area contributed by atoms with E-state index < -0.39 is 0 Å². The van der Waals surface area contributed by atoms with Crippen LogP contribution >= 0.6 is 0 Å². The lowest BCUT2D eigenvalue weighted by Gasteiger charge is -2.43. The zero-order chi connectivity index (χ0) is 12.1. The Bertz CT molecular complexity index is 211. The van der Waals surface area contributed by atoms with Crippen LogP contribution in [0.15, 0.2) is 0 Å². The van der Waals surface area contributed by atoms with Gasteiger partial charge in [-0.1, -0.05) is 26.2 Å². The van der Waals surface area contributed by atoms with Gasteiger partial charge >= 0.3 is 0 Å². The molecule has 1 heterocycles. The second kappa shape index (κ2) is 6.75. The molecule has 17 heavy (non-hydrogen) atoms. The third kappa shape index (κ3) is 3.45. The summed E-state index contributed by atoms with van der Waals surface area (Å²) in [5, 5.41) is 3.71. The molecule has 1 saturated heterocycles. The first-order chi connectivity index (χ1) is 8.33. The Morgan fingerprint density at radius 2 is 1.82 bits per heavy atom. The quantitative estimate of drug-likeness (QED) is 0.791. The lowest BCUT2D eigenvalue weighted by Crippen LogP contribution is -2.54. The molecule has 100 valence electrons. The standard InChI is InChI=1S/C15H30N2/c1-3-11-16-13(2)15-10-6-7-12-17(15)14-8-4-5-9-14/h13-16H,3-12H2,1-2H3. The number of likely N-dealkylation sites (tertiary alicyclic amines) is 1. The molecule has 1 N–H and O–H groups in total. The summed E-state index contributed by atoms with van der Waals surface area (Å²) in [4.78, 5) is 2.85. The molecule has 2 fully saturated rings. The molecule has 2 unspecified atom stereocenters. The van der Waals surface area contributed by atoms with Gasteiger partial charge in [-0.3, -0.25) is 4.90 Å². The molecular formula is C15H30N2. The second-order valence-corrected chi connectivity index (χ2v) is 5.98. The van der Waals surface area contributed by atoms with Crippen LogP contribution in [-0.4, -0.2) is 36.1 Å². The average Bonchev–Trinajstić information content (AvgIpc) is 2.89. The van der Waals surface area contributed by atoms with E-state index in [1.54, 1.807) is 0 Å². The van der Waals surface area contributed by atoms with Gasteiger partial charge in [-0.2, -0.15) is 0 Å². The van der Waals surface area contributed by atoms with Crippen molar-refractivity contribution in [1.82, 2.24) is 10.2 Å². The molecule has 0 radical (unpaired) electrons. The maximum absolute atomic E-state index is 3.71. The van der Waals surface area contributed by atoms with Gasteiger partial charge in [0.25, 0.3) is 0 Å². The molecule has 0 aromatic rings. The Hall–Kier alpha value is -0.0800. The zero-order valence-corrected chi connectivity index (χ0v) is 11.8. The first-order valence-electron chi connectivity index (χ1n) is 7.82. The average molecular weight is 238 g/mol. The molecule has 0 amide bonds. The lowest BCUT2D eigenvalue weighted by atomic mass is 9.94. The third-order valence-corrected chi connectivity index (χ3v) is 4.68. The largest absolute Gasteiger partial charge is 0.313 e. The Balaban J connectivity index is 1.91. The van der Waals surface area contributed by atoms with Crippen molar-refractivity contribution < 1.29 is 0 Å². The van der Waals surface area contributed by atoms with Crippen molar-refractivity contribution in [3.8, 4) is 0 Å². The van der Waals surface area contributed by atoms with Crippen LogP contribution in [-0.2, 0) is 0 Å². The molecule has 2 rings (SSSR count). The Labute approximate surface area is 107 Å². The topological polar surface area (TPSA) is 15.3 Å². The Morgan fingerprint density at radius 3 is 2.53 bits per heavy atom. The SMILES string of the molecule is CCCNC(C)C1CCCCN1C1CCCC1. The molecule has 1 saturated carbocycles. The summed E-state index contributed by atoms with van der Waals surface area (Å²) >= 11 is 0. The lowest BCUT2D eigenvalue weighted by molar-refractivity contribution is 0.0751. The van der Waals surface area contributed by atoms with Gasteiger partial charge in [-0.15, -0.1) is 0 Å². The van der Waals surface area contributed by atoms with Gasteiger partial charge in [0.15, 0.2) is 0 Å².